The molecule has 0 aromatic carbocycles. The number of furan rings is 1. The number of nitrogens with one attached hydrogen (secondary N) is 1. The summed E-state index contributed by atoms with van der Waals surface area (Å²) in [5.41, 5.74) is 0.761. The number of carbonyl (C=O) groups is 1. The van der Waals surface area contributed by atoms with E-state index in [1.165, 1.54) is 6.08 Å². The molecule has 1 atom stereocenters. The molecule has 0 saturated carbocycles. The zero-order valence-corrected chi connectivity index (χ0v) is 16.0. The molecule has 6 nitrogen and oxygen atoms in total. The van der Waals surface area contributed by atoms with Gasteiger partial charge >= 0.3 is 0 Å². The van der Waals surface area contributed by atoms with Crippen LogP contribution in [-0.2, 0) is 4.79 Å². The number of fused-ring (bicyclic) bond motifs is 1. The molecule has 3 heterocycles. The number of halogens is 1. The Balaban J connectivity index is 1.76. The van der Waals surface area contributed by atoms with Gasteiger partial charge in [0, 0.05) is 12.3 Å². The van der Waals surface area contributed by atoms with Gasteiger partial charge in [0.15, 0.2) is 16.1 Å². The quantitative estimate of drug-likeness (QED) is 0.589. The second-order valence-corrected chi connectivity index (χ2v) is 7.07. The summed E-state index contributed by atoms with van der Waals surface area (Å²) in [5.74, 6) is 2.04. The molecule has 3 aromatic heterocycles. The molecule has 8 heteroatoms. The predicted molar refractivity (Wildman–Crippen MR) is 102 cm³/mol. The van der Waals surface area contributed by atoms with E-state index in [1.54, 1.807) is 30.0 Å². The van der Waals surface area contributed by atoms with Crippen LogP contribution in [0.5, 0.6) is 0 Å². The maximum Gasteiger partial charge on any atom is 0.244 e. The lowest BCUT2D eigenvalue weighted by atomic mass is 10.2. The van der Waals surface area contributed by atoms with Gasteiger partial charge in [0.05, 0.1) is 6.04 Å². The van der Waals surface area contributed by atoms with Crippen molar-refractivity contribution in [1.29, 1.82) is 0 Å². The summed E-state index contributed by atoms with van der Waals surface area (Å²) in [5, 5.41) is 11.4. The average molecular weight is 421 g/mol. The van der Waals surface area contributed by atoms with Crippen molar-refractivity contribution in [2.75, 3.05) is 12.0 Å². The van der Waals surface area contributed by atoms with E-state index in [2.05, 4.69) is 31.4 Å². The first-order chi connectivity index (χ1) is 12.2. The van der Waals surface area contributed by atoms with Crippen LogP contribution in [0.4, 0.5) is 0 Å². The number of hydrogen-bond donors (Lipinski definition) is 1. The minimum atomic E-state index is -0.217. The Bertz CT molecular complexity index is 890. The Morgan fingerprint density at radius 2 is 2.28 bits per heavy atom. The fraction of sp³-hybridized carbons (Fsp3) is 0.235. The van der Waals surface area contributed by atoms with Gasteiger partial charge in [-0.1, -0.05) is 6.07 Å². The standard InChI is InChI=1S/C17H17BrN4O2S/c1-25-11-9-13(17-21-20-15-4-2-3-10-22(15)17)19-16(23)8-6-12-5-7-14(18)24-12/h2-8,10,13H,9,11H2,1H3,(H,19,23)/b8-6+/t13-/m1/s1. The van der Waals surface area contributed by atoms with E-state index < -0.39 is 0 Å². The highest BCUT2D eigenvalue weighted by Gasteiger charge is 2.19. The number of pyridine rings is 1. The molecule has 0 unspecified atom stereocenters. The van der Waals surface area contributed by atoms with Gasteiger partial charge in [-0.15, -0.1) is 10.2 Å². The number of hydrogen-bond acceptors (Lipinski definition) is 5. The minimum Gasteiger partial charge on any atom is -0.450 e. The normalized spacial score (nSPS) is 12.7. The number of carbonyl (C=O) groups excluding carboxylic acids is 1. The molecule has 25 heavy (non-hydrogen) atoms. The lowest BCUT2D eigenvalue weighted by molar-refractivity contribution is -0.117. The second kappa shape index (κ2) is 8.35. The third-order valence-electron chi connectivity index (χ3n) is 3.57. The molecule has 0 radical (unpaired) electrons. The van der Waals surface area contributed by atoms with Crippen LogP contribution in [0.1, 0.15) is 24.0 Å². The molecular weight excluding hydrogens is 404 g/mol. The van der Waals surface area contributed by atoms with Crippen LogP contribution in [0.15, 0.2) is 51.7 Å². The molecule has 1 N–H and O–H groups in total. The van der Waals surface area contributed by atoms with E-state index in [1.807, 2.05) is 35.1 Å². The second-order valence-electron chi connectivity index (χ2n) is 5.30. The molecule has 3 rings (SSSR count). The van der Waals surface area contributed by atoms with Crippen LogP contribution in [0.2, 0.25) is 0 Å². The highest BCUT2D eigenvalue weighted by molar-refractivity contribution is 9.10. The van der Waals surface area contributed by atoms with Gasteiger partial charge in [0.25, 0.3) is 0 Å². The minimum absolute atomic E-state index is 0.202. The molecule has 130 valence electrons. The summed E-state index contributed by atoms with van der Waals surface area (Å²) >= 11 is 4.96. The Morgan fingerprint density at radius 3 is 3.04 bits per heavy atom. The number of nitrogens with zero attached hydrogens (tertiary/aromatic N) is 3. The zero-order valence-electron chi connectivity index (χ0n) is 13.6. The van der Waals surface area contributed by atoms with Crippen LogP contribution in [-0.4, -0.2) is 32.5 Å². The third-order valence-corrected chi connectivity index (χ3v) is 4.64. The average Bonchev–Trinajstić information content (AvgIpc) is 3.23. The van der Waals surface area contributed by atoms with E-state index in [9.17, 15) is 4.79 Å². The summed E-state index contributed by atoms with van der Waals surface area (Å²) in [6, 6.07) is 9.06. The molecule has 0 aliphatic carbocycles. The number of thioether (sulfide) groups is 1. The topological polar surface area (TPSA) is 72.4 Å². The fourth-order valence-corrected chi connectivity index (χ4v) is 3.19. The van der Waals surface area contributed by atoms with Crippen molar-refractivity contribution in [3.63, 3.8) is 0 Å². The Morgan fingerprint density at radius 1 is 1.40 bits per heavy atom. The fourth-order valence-electron chi connectivity index (χ4n) is 2.39. The smallest absolute Gasteiger partial charge is 0.244 e. The monoisotopic (exact) mass is 420 g/mol. The Hall–Kier alpha value is -2.06. The zero-order chi connectivity index (χ0) is 17.6. The van der Waals surface area contributed by atoms with Crippen molar-refractivity contribution in [2.24, 2.45) is 0 Å². The van der Waals surface area contributed by atoms with E-state index in [-0.39, 0.29) is 11.9 Å². The molecule has 0 bridgehead atoms. The van der Waals surface area contributed by atoms with Gasteiger partial charge in [-0.2, -0.15) is 11.8 Å². The van der Waals surface area contributed by atoms with Gasteiger partial charge in [0.1, 0.15) is 5.76 Å². The van der Waals surface area contributed by atoms with Gasteiger partial charge in [-0.3, -0.25) is 9.20 Å². The molecule has 3 aromatic rings. The predicted octanol–water partition coefficient (Wildman–Crippen LogP) is 3.71. The molecule has 0 spiro atoms. The van der Waals surface area contributed by atoms with E-state index in [0.717, 1.165) is 23.6 Å². The first-order valence-corrected chi connectivity index (χ1v) is 9.88. The summed E-state index contributed by atoms with van der Waals surface area (Å²) in [4.78, 5) is 12.3. The first kappa shape index (κ1) is 17.8. The lowest BCUT2D eigenvalue weighted by Gasteiger charge is -2.15. The van der Waals surface area contributed by atoms with E-state index in [4.69, 9.17) is 4.42 Å². The maximum absolute atomic E-state index is 12.3. The van der Waals surface area contributed by atoms with Crippen molar-refractivity contribution in [3.8, 4) is 0 Å². The summed E-state index contributed by atoms with van der Waals surface area (Å²) in [6.07, 6.45) is 7.80. The van der Waals surface area contributed by atoms with Crippen LogP contribution in [0.25, 0.3) is 11.7 Å². The first-order valence-electron chi connectivity index (χ1n) is 7.70. The largest absolute Gasteiger partial charge is 0.450 e. The van der Waals surface area contributed by atoms with Crippen molar-refractivity contribution in [3.05, 3.63) is 58.9 Å². The number of rotatable bonds is 7. The van der Waals surface area contributed by atoms with Crippen molar-refractivity contribution < 1.29 is 9.21 Å². The van der Waals surface area contributed by atoms with Gasteiger partial charge < -0.3 is 9.73 Å². The van der Waals surface area contributed by atoms with E-state index >= 15 is 0 Å². The van der Waals surface area contributed by atoms with Gasteiger partial charge in [-0.25, -0.2) is 0 Å². The van der Waals surface area contributed by atoms with Gasteiger partial charge in [0.2, 0.25) is 5.91 Å². The van der Waals surface area contributed by atoms with Gasteiger partial charge in [-0.05, 0) is 64.7 Å². The molecule has 0 fully saturated rings. The van der Waals surface area contributed by atoms with Crippen LogP contribution in [0.3, 0.4) is 0 Å². The Kier molecular flexibility index (Phi) is 5.93. The van der Waals surface area contributed by atoms with Crippen LogP contribution < -0.4 is 5.32 Å². The summed E-state index contributed by atoms with van der Waals surface area (Å²) in [7, 11) is 0. The third kappa shape index (κ3) is 4.52. The molecule has 0 saturated heterocycles. The van der Waals surface area contributed by atoms with Crippen molar-refractivity contribution in [1.82, 2.24) is 19.9 Å². The number of aromatic nitrogens is 3. The highest BCUT2D eigenvalue weighted by atomic mass is 79.9. The Labute approximate surface area is 157 Å². The molecule has 0 aliphatic rings. The van der Waals surface area contributed by atoms with Crippen molar-refractivity contribution in [2.45, 2.75) is 12.5 Å². The van der Waals surface area contributed by atoms with E-state index in [0.29, 0.717) is 10.4 Å². The van der Waals surface area contributed by atoms with Crippen LogP contribution >= 0.6 is 27.7 Å². The SMILES string of the molecule is CSCC[C@@H](NC(=O)/C=C/c1ccc(Br)o1)c1nnc2ccccn12. The highest BCUT2D eigenvalue weighted by Crippen LogP contribution is 2.19. The van der Waals surface area contributed by atoms with Crippen LogP contribution in [0, 0.1) is 0 Å². The maximum atomic E-state index is 12.3. The molecular formula is C17H17BrN4O2S. The molecule has 1 amide bonds. The van der Waals surface area contributed by atoms with Crippen molar-refractivity contribution >= 4 is 45.3 Å². The summed E-state index contributed by atoms with van der Waals surface area (Å²) < 4.78 is 7.88. The lowest BCUT2D eigenvalue weighted by Crippen LogP contribution is -2.29. The summed E-state index contributed by atoms with van der Waals surface area (Å²) in [6.45, 7) is 0. The molecule has 0 aliphatic heterocycles. The number of amides is 1.